The molecule has 0 amide bonds. The molecule has 0 aromatic heterocycles. The maximum atomic E-state index is 11.5. The summed E-state index contributed by atoms with van der Waals surface area (Å²) in [7, 11) is 0. The lowest BCUT2D eigenvalue weighted by atomic mass is 9.84. The lowest BCUT2D eigenvalue weighted by Gasteiger charge is -2.21. The Bertz CT molecular complexity index is 456. The zero-order chi connectivity index (χ0) is 17.4. The Morgan fingerprint density at radius 2 is 2.04 bits per heavy atom. The first-order valence-electron chi connectivity index (χ1n) is 7.32. The second-order valence-corrected chi connectivity index (χ2v) is 6.10. The van der Waals surface area contributed by atoms with Crippen molar-refractivity contribution in [2.75, 3.05) is 19.8 Å². The van der Waals surface area contributed by atoms with Gasteiger partial charge in [-0.05, 0) is 25.7 Å². The second kappa shape index (κ2) is 9.76. The highest BCUT2D eigenvalue weighted by Crippen LogP contribution is 2.31. The Morgan fingerprint density at radius 3 is 2.43 bits per heavy atom. The maximum Gasteiger partial charge on any atom is 0.336 e. The molecular weight excluding hydrogens is 326 g/mol. The number of carbonyl (C=O) groups excluding carboxylic acids is 1. The summed E-state index contributed by atoms with van der Waals surface area (Å²) in [5, 5.41) is 11.6. The summed E-state index contributed by atoms with van der Waals surface area (Å²) in [5.74, 6) is -2.80. The van der Waals surface area contributed by atoms with Crippen LogP contribution in [0.5, 0.6) is 0 Å². The minimum absolute atomic E-state index is 0.196. The molecule has 0 aromatic rings. The van der Waals surface area contributed by atoms with Gasteiger partial charge in [0, 0.05) is 25.7 Å². The Kier molecular flexibility index (Phi) is 8.38. The van der Waals surface area contributed by atoms with Crippen molar-refractivity contribution in [2.45, 2.75) is 32.2 Å². The summed E-state index contributed by atoms with van der Waals surface area (Å²) in [4.78, 5) is 22.3. The van der Waals surface area contributed by atoms with Crippen LogP contribution in [0.1, 0.15) is 26.2 Å². The van der Waals surface area contributed by atoms with Gasteiger partial charge in [-0.2, -0.15) is 0 Å². The van der Waals surface area contributed by atoms with Crippen molar-refractivity contribution in [3.05, 3.63) is 12.2 Å². The molecular formula is C14H22NO7S-. The molecule has 2 N–H and O–H groups in total. The van der Waals surface area contributed by atoms with E-state index in [1.807, 2.05) is 0 Å². The number of aliphatic carboxylic acids is 1. The quantitative estimate of drug-likeness (QED) is 0.539. The van der Waals surface area contributed by atoms with E-state index in [9.17, 15) is 18.4 Å². The summed E-state index contributed by atoms with van der Waals surface area (Å²) < 4.78 is 29.6. The van der Waals surface area contributed by atoms with Crippen LogP contribution in [0, 0.1) is 11.8 Å². The molecule has 23 heavy (non-hydrogen) atoms. The van der Waals surface area contributed by atoms with E-state index < -0.39 is 35.3 Å². The van der Waals surface area contributed by atoms with Crippen LogP contribution < -0.4 is 5.32 Å². The van der Waals surface area contributed by atoms with Crippen molar-refractivity contribution in [2.24, 2.45) is 11.8 Å². The third-order valence-corrected chi connectivity index (χ3v) is 4.08. The highest BCUT2D eigenvalue weighted by molar-refractivity contribution is 7.74. The minimum Gasteiger partial charge on any atom is -0.740 e. The average Bonchev–Trinajstić information content (AvgIpc) is 3.09. The summed E-state index contributed by atoms with van der Waals surface area (Å²) in [6.45, 7) is 7.85. The third kappa shape index (κ3) is 6.78. The number of carboxylic acids is 1. The number of hydrogen-bond donors (Lipinski definition) is 2. The van der Waals surface area contributed by atoms with Gasteiger partial charge in [0.2, 0.25) is 0 Å². The topological polar surface area (TPSA) is 125 Å². The van der Waals surface area contributed by atoms with Gasteiger partial charge in [-0.1, -0.05) is 12.2 Å². The summed E-state index contributed by atoms with van der Waals surface area (Å²) in [5.41, 5.74) is 0.743. The first-order valence-corrected chi connectivity index (χ1v) is 8.32. The van der Waals surface area contributed by atoms with E-state index in [1.165, 1.54) is 12.8 Å². The Morgan fingerprint density at radius 1 is 1.43 bits per heavy atom. The van der Waals surface area contributed by atoms with Crippen LogP contribution in [0.3, 0.4) is 0 Å². The van der Waals surface area contributed by atoms with Gasteiger partial charge in [-0.3, -0.25) is 4.79 Å². The maximum absolute atomic E-state index is 11.5. The highest BCUT2D eigenvalue weighted by atomic mass is 32.2. The minimum atomic E-state index is -2.95. The Balaban J connectivity index is 0.000000446. The summed E-state index contributed by atoms with van der Waals surface area (Å²) in [6, 6.07) is -0.944. The van der Waals surface area contributed by atoms with Crippen molar-refractivity contribution in [3.8, 4) is 0 Å². The van der Waals surface area contributed by atoms with Gasteiger partial charge >= 0.3 is 11.9 Å². The van der Waals surface area contributed by atoms with Crippen molar-refractivity contribution < 1.29 is 32.4 Å². The normalized spacial score (nSPS) is 27.7. The number of carbonyl (C=O) groups is 2. The average molecular weight is 348 g/mol. The van der Waals surface area contributed by atoms with Crippen molar-refractivity contribution in [1.29, 1.82) is 0 Å². The van der Waals surface area contributed by atoms with Gasteiger partial charge in [-0.15, -0.1) is 0 Å². The molecule has 2 aliphatic heterocycles. The SMILES string of the molecule is C1CCOC1.C=C(C)[C@H]1CN[C@H](C(=O)OS(=O)[O-])[C@H]1CC(=O)O. The first kappa shape index (κ1) is 19.8. The molecule has 0 radical (unpaired) electrons. The number of hydrogen-bond acceptors (Lipinski definition) is 7. The smallest absolute Gasteiger partial charge is 0.336 e. The second-order valence-electron chi connectivity index (χ2n) is 5.53. The predicted molar refractivity (Wildman–Crippen MR) is 80.9 cm³/mol. The van der Waals surface area contributed by atoms with E-state index >= 15 is 0 Å². The van der Waals surface area contributed by atoms with Gasteiger partial charge in [-0.25, -0.2) is 9.00 Å². The molecule has 2 heterocycles. The van der Waals surface area contributed by atoms with Crippen LogP contribution in [-0.2, 0) is 29.9 Å². The molecule has 132 valence electrons. The number of nitrogens with one attached hydrogen (secondary N) is 1. The predicted octanol–water partition coefficient (Wildman–Crippen LogP) is 0.376. The van der Waals surface area contributed by atoms with E-state index in [0.717, 1.165) is 18.8 Å². The van der Waals surface area contributed by atoms with Gasteiger partial charge < -0.3 is 23.9 Å². The molecule has 0 saturated carbocycles. The molecule has 8 nitrogen and oxygen atoms in total. The van der Waals surface area contributed by atoms with Crippen LogP contribution in [0.2, 0.25) is 0 Å². The zero-order valence-electron chi connectivity index (χ0n) is 13.0. The van der Waals surface area contributed by atoms with Crippen LogP contribution >= 0.6 is 0 Å². The van der Waals surface area contributed by atoms with Gasteiger partial charge in [0.05, 0.1) is 6.42 Å². The molecule has 2 fully saturated rings. The molecule has 9 heteroatoms. The third-order valence-electron chi connectivity index (χ3n) is 3.78. The van der Waals surface area contributed by atoms with Crippen LogP contribution in [0.4, 0.5) is 0 Å². The van der Waals surface area contributed by atoms with Gasteiger partial charge in [0.25, 0.3) is 0 Å². The highest BCUT2D eigenvalue weighted by Gasteiger charge is 2.42. The Hall–Kier alpha value is -1.29. The van der Waals surface area contributed by atoms with Crippen LogP contribution in [0.15, 0.2) is 12.2 Å². The molecule has 2 aliphatic rings. The zero-order valence-corrected chi connectivity index (χ0v) is 13.8. The summed E-state index contributed by atoms with van der Waals surface area (Å²) in [6.07, 6.45) is 2.30. The number of rotatable bonds is 5. The molecule has 1 unspecified atom stereocenters. The Labute approximate surface area is 137 Å². The fourth-order valence-electron chi connectivity index (χ4n) is 2.68. The lowest BCUT2D eigenvalue weighted by Crippen LogP contribution is -2.38. The van der Waals surface area contributed by atoms with Crippen molar-refractivity contribution in [3.63, 3.8) is 0 Å². The molecule has 0 spiro atoms. The summed E-state index contributed by atoms with van der Waals surface area (Å²) >= 11 is -2.95. The van der Waals surface area contributed by atoms with Crippen molar-refractivity contribution >= 4 is 23.3 Å². The largest absolute Gasteiger partial charge is 0.740 e. The molecule has 4 atom stereocenters. The van der Waals surface area contributed by atoms with Gasteiger partial charge in [0.1, 0.15) is 17.4 Å². The standard InChI is InChI=1S/C10H15NO6S.C4H8O/c1-5(2)7-4-11-9(6(7)3-8(12)13)10(14)17-18(15)16;1-2-4-5-3-1/h6-7,9,11H,1,3-4H2,2H3,(H,12,13)(H,15,16);1-4H2/p-1/t6-,7+,9-;/m0./s1. The first-order chi connectivity index (χ1) is 10.8. The number of carboxylic acid groups (broad SMARTS) is 1. The van der Waals surface area contributed by atoms with E-state index in [2.05, 4.69) is 16.1 Å². The molecule has 2 saturated heterocycles. The van der Waals surface area contributed by atoms with E-state index in [0.29, 0.717) is 6.54 Å². The fourth-order valence-corrected chi connectivity index (χ4v) is 2.92. The van der Waals surface area contributed by atoms with Crippen LogP contribution in [0.25, 0.3) is 0 Å². The van der Waals surface area contributed by atoms with E-state index in [1.54, 1.807) is 6.92 Å². The lowest BCUT2D eigenvalue weighted by molar-refractivity contribution is -0.140. The van der Waals surface area contributed by atoms with Crippen LogP contribution in [-0.4, -0.2) is 51.6 Å². The van der Waals surface area contributed by atoms with Crippen molar-refractivity contribution in [1.82, 2.24) is 5.32 Å². The monoisotopic (exact) mass is 348 g/mol. The number of ether oxygens (including phenoxy) is 1. The molecule has 0 aliphatic carbocycles. The van der Waals surface area contributed by atoms with E-state index in [4.69, 9.17) is 9.84 Å². The fraction of sp³-hybridized carbons (Fsp3) is 0.714. The van der Waals surface area contributed by atoms with Gasteiger partial charge in [0.15, 0.2) is 0 Å². The molecule has 2 rings (SSSR count). The van der Waals surface area contributed by atoms with E-state index in [-0.39, 0.29) is 12.3 Å². The molecule has 0 bridgehead atoms. The molecule has 0 aromatic carbocycles.